The lowest BCUT2D eigenvalue weighted by Gasteiger charge is -2.32. The average molecular weight is 493 g/mol. The molecule has 0 saturated carbocycles. The van der Waals surface area contributed by atoms with Gasteiger partial charge in [-0.1, -0.05) is 79.2 Å². The number of hydrogen-bond donors (Lipinski definition) is 1. The molecule has 0 fully saturated rings. The second-order valence-corrected chi connectivity index (χ2v) is 9.18. The van der Waals surface area contributed by atoms with Crippen LogP contribution in [0.2, 0.25) is 5.02 Å². The fourth-order valence-corrected chi connectivity index (χ4v) is 3.99. The predicted molar refractivity (Wildman–Crippen MR) is 141 cm³/mol. The smallest absolute Gasteiger partial charge is 0.261 e. The maximum Gasteiger partial charge on any atom is 0.261 e. The summed E-state index contributed by atoms with van der Waals surface area (Å²) in [4.78, 5) is 28.5. The molecule has 3 aromatic carbocycles. The molecule has 0 radical (unpaired) electrons. The Morgan fingerprint density at radius 1 is 0.914 bits per heavy atom. The van der Waals surface area contributed by atoms with Crippen LogP contribution in [0.25, 0.3) is 0 Å². The zero-order valence-corrected chi connectivity index (χ0v) is 21.3. The molecule has 0 aliphatic carbocycles. The Hall–Kier alpha value is -3.31. The molecule has 5 nitrogen and oxygen atoms in total. The molecule has 2 amide bonds. The first-order valence-electron chi connectivity index (χ1n) is 12.0. The van der Waals surface area contributed by atoms with Crippen LogP contribution < -0.4 is 10.1 Å². The van der Waals surface area contributed by atoms with Crippen molar-refractivity contribution in [1.82, 2.24) is 10.2 Å². The van der Waals surface area contributed by atoms with Crippen LogP contribution in [-0.2, 0) is 29.0 Å². The highest BCUT2D eigenvalue weighted by Gasteiger charge is 2.31. The molecule has 0 aliphatic rings. The number of nitrogens with zero attached hydrogens (tertiary/aromatic N) is 1. The van der Waals surface area contributed by atoms with E-state index in [1.807, 2.05) is 86.6 Å². The van der Waals surface area contributed by atoms with Crippen LogP contribution in [0.1, 0.15) is 37.5 Å². The molecule has 3 rings (SSSR count). The maximum absolute atomic E-state index is 13.6. The monoisotopic (exact) mass is 492 g/mol. The first kappa shape index (κ1) is 26.3. The van der Waals surface area contributed by atoms with Gasteiger partial charge in [-0.15, -0.1) is 0 Å². The molecular formula is C29H33ClN2O3. The summed E-state index contributed by atoms with van der Waals surface area (Å²) >= 11 is 6.43. The molecule has 0 saturated heterocycles. The van der Waals surface area contributed by atoms with Gasteiger partial charge in [0.2, 0.25) is 5.91 Å². The second kappa shape index (κ2) is 13.0. The zero-order valence-electron chi connectivity index (χ0n) is 20.5. The van der Waals surface area contributed by atoms with Crippen molar-refractivity contribution in [2.24, 2.45) is 0 Å². The number of amides is 2. The van der Waals surface area contributed by atoms with Crippen molar-refractivity contribution in [3.05, 3.63) is 101 Å². The molecule has 35 heavy (non-hydrogen) atoms. The van der Waals surface area contributed by atoms with Gasteiger partial charge in [-0.05, 0) is 55.2 Å². The van der Waals surface area contributed by atoms with Crippen molar-refractivity contribution in [3.63, 3.8) is 0 Å². The number of ether oxygens (including phenoxy) is 1. The Morgan fingerprint density at radius 2 is 1.57 bits per heavy atom. The Morgan fingerprint density at radius 3 is 2.20 bits per heavy atom. The fraction of sp³-hybridized carbons (Fsp3) is 0.310. The molecule has 1 unspecified atom stereocenters. The van der Waals surface area contributed by atoms with Crippen molar-refractivity contribution in [2.45, 2.75) is 52.2 Å². The fourth-order valence-electron chi connectivity index (χ4n) is 3.79. The van der Waals surface area contributed by atoms with E-state index < -0.39 is 6.04 Å². The molecule has 3 aromatic rings. The highest BCUT2D eigenvalue weighted by atomic mass is 35.5. The van der Waals surface area contributed by atoms with E-state index in [9.17, 15) is 9.59 Å². The Bertz CT molecular complexity index is 1100. The van der Waals surface area contributed by atoms with Crippen LogP contribution in [-0.4, -0.2) is 35.4 Å². The van der Waals surface area contributed by atoms with E-state index in [1.165, 1.54) is 5.56 Å². The summed E-state index contributed by atoms with van der Waals surface area (Å²) in [6.07, 6.45) is 1.30. The largest absolute Gasteiger partial charge is 0.484 e. The van der Waals surface area contributed by atoms with E-state index in [0.29, 0.717) is 17.2 Å². The summed E-state index contributed by atoms with van der Waals surface area (Å²) < 4.78 is 5.82. The molecule has 184 valence electrons. The normalized spacial score (nSPS) is 11.7. The molecule has 0 heterocycles. The first-order chi connectivity index (χ1) is 16.9. The predicted octanol–water partition coefficient (Wildman–Crippen LogP) is 5.45. The third-order valence-corrected chi connectivity index (χ3v) is 6.06. The van der Waals surface area contributed by atoms with E-state index in [2.05, 4.69) is 12.2 Å². The van der Waals surface area contributed by atoms with Crippen LogP contribution in [0.4, 0.5) is 0 Å². The van der Waals surface area contributed by atoms with Gasteiger partial charge in [0.25, 0.3) is 5.91 Å². The van der Waals surface area contributed by atoms with Gasteiger partial charge in [-0.3, -0.25) is 9.59 Å². The molecule has 1 atom stereocenters. The SMILES string of the molecule is CCc1ccc(OCC(=O)N(Cc2ccccc2Cl)C(Cc2ccccc2)C(=O)NC(C)C)cc1. The number of hydrogen-bond acceptors (Lipinski definition) is 3. The van der Waals surface area contributed by atoms with Crippen molar-refractivity contribution < 1.29 is 14.3 Å². The van der Waals surface area contributed by atoms with Gasteiger partial charge in [0, 0.05) is 24.0 Å². The van der Waals surface area contributed by atoms with Crippen LogP contribution >= 0.6 is 11.6 Å². The van der Waals surface area contributed by atoms with Crippen molar-refractivity contribution in [2.75, 3.05) is 6.61 Å². The molecule has 0 aliphatic heterocycles. The Kier molecular flexibility index (Phi) is 9.74. The number of rotatable bonds is 11. The topological polar surface area (TPSA) is 58.6 Å². The average Bonchev–Trinajstić information content (AvgIpc) is 2.86. The Balaban J connectivity index is 1.89. The third-order valence-electron chi connectivity index (χ3n) is 5.69. The van der Waals surface area contributed by atoms with Gasteiger partial charge >= 0.3 is 0 Å². The van der Waals surface area contributed by atoms with Gasteiger partial charge in [-0.2, -0.15) is 0 Å². The van der Waals surface area contributed by atoms with Crippen molar-refractivity contribution in [1.29, 1.82) is 0 Å². The zero-order chi connectivity index (χ0) is 25.2. The Labute approximate surface area is 213 Å². The van der Waals surface area contributed by atoms with E-state index in [4.69, 9.17) is 16.3 Å². The second-order valence-electron chi connectivity index (χ2n) is 8.77. The van der Waals surface area contributed by atoms with Crippen LogP contribution in [0.3, 0.4) is 0 Å². The number of halogens is 1. The quantitative estimate of drug-likeness (QED) is 0.387. The summed E-state index contributed by atoms with van der Waals surface area (Å²) in [5, 5.41) is 3.52. The summed E-state index contributed by atoms with van der Waals surface area (Å²) in [6.45, 7) is 5.90. The number of benzene rings is 3. The summed E-state index contributed by atoms with van der Waals surface area (Å²) in [5.41, 5.74) is 2.92. The van der Waals surface area contributed by atoms with E-state index in [1.54, 1.807) is 11.0 Å². The van der Waals surface area contributed by atoms with E-state index in [-0.39, 0.29) is 31.0 Å². The highest BCUT2D eigenvalue weighted by molar-refractivity contribution is 6.31. The number of carbonyl (C=O) groups is 2. The minimum atomic E-state index is -0.727. The molecule has 6 heteroatoms. The summed E-state index contributed by atoms with van der Waals surface area (Å²) in [7, 11) is 0. The molecule has 0 spiro atoms. The lowest BCUT2D eigenvalue weighted by molar-refractivity contribution is -0.143. The van der Waals surface area contributed by atoms with Crippen LogP contribution in [0, 0.1) is 0 Å². The minimum absolute atomic E-state index is 0.0635. The molecular weight excluding hydrogens is 460 g/mol. The summed E-state index contributed by atoms with van der Waals surface area (Å²) in [6, 6.07) is 24.0. The highest BCUT2D eigenvalue weighted by Crippen LogP contribution is 2.21. The summed E-state index contributed by atoms with van der Waals surface area (Å²) in [5.74, 6) is 0.111. The van der Waals surface area contributed by atoms with Crippen LogP contribution in [0.5, 0.6) is 5.75 Å². The van der Waals surface area contributed by atoms with Gasteiger partial charge in [-0.25, -0.2) is 0 Å². The van der Waals surface area contributed by atoms with E-state index >= 15 is 0 Å². The van der Waals surface area contributed by atoms with Crippen molar-refractivity contribution in [3.8, 4) is 5.75 Å². The minimum Gasteiger partial charge on any atom is -0.484 e. The standard InChI is InChI=1S/C29H33ClN2O3/c1-4-22-14-16-25(17-15-22)35-20-28(33)32(19-24-12-8-9-13-26(24)30)27(29(34)31-21(2)3)18-23-10-6-5-7-11-23/h5-17,21,27H,4,18-20H2,1-3H3,(H,31,34). The molecule has 1 N–H and O–H groups in total. The van der Waals surface area contributed by atoms with E-state index in [0.717, 1.165) is 17.5 Å². The van der Waals surface area contributed by atoms with Gasteiger partial charge in [0.05, 0.1) is 0 Å². The lowest BCUT2D eigenvalue weighted by Crippen LogP contribution is -2.52. The van der Waals surface area contributed by atoms with Crippen molar-refractivity contribution >= 4 is 23.4 Å². The van der Waals surface area contributed by atoms with Gasteiger partial charge in [0.15, 0.2) is 6.61 Å². The van der Waals surface area contributed by atoms with Gasteiger partial charge < -0.3 is 15.0 Å². The lowest BCUT2D eigenvalue weighted by atomic mass is 10.0. The number of nitrogens with one attached hydrogen (secondary N) is 1. The van der Waals surface area contributed by atoms with Crippen LogP contribution in [0.15, 0.2) is 78.9 Å². The van der Waals surface area contributed by atoms with Gasteiger partial charge in [0.1, 0.15) is 11.8 Å². The third kappa shape index (κ3) is 7.86. The number of carbonyl (C=O) groups excluding carboxylic acids is 2. The maximum atomic E-state index is 13.6. The molecule has 0 bridgehead atoms. The molecule has 0 aromatic heterocycles. The first-order valence-corrected chi connectivity index (χ1v) is 12.3. The number of aryl methyl sites for hydroxylation is 1.